The van der Waals surface area contributed by atoms with Crippen molar-refractivity contribution < 1.29 is 9.53 Å². The highest BCUT2D eigenvalue weighted by molar-refractivity contribution is 6.34. The van der Waals surface area contributed by atoms with Crippen LogP contribution in [0.5, 0.6) is 0 Å². The molecule has 0 atom stereocenters. The van der Waals surface area contributed by atoms with Crippen molar-refractivity contribution in [3.05, 3.63) is 33.8 Å². The molecule has 17 heavy (non-hydrogen) atoms. The first-order valence-electron chi connectivity index (χ1n) is 5.32. The third-order valence-electron chi connectivity index (χ3n) is 2.19. The van der Waals surface area contributed by atoms with Gasteiger partial charge >= 0.3 is 0 Å². The second-order valence-corrected chi connectivity index (χ2v) is 4.49. The van der Waals surface area contributed by atoms with E-state index in [1.165, 1.54) is 0 Å². The Balaban J connectivity index is 2.33. The molecular formula is C12H15Cl2NO2. The van der Waals surface area contributed by atoms with Crippen molar-refractivity contribution in [3.8, 4) is 0 Å². The molecule has 0 spiro atoms. The maximum absolute atomic E-state index is 11.3. The lowest BCUT2D eigenvalue weighted by atomic mass is 10.1. The summed E-state index contributed by atoms with van der Waals surface area (Å²) in [4.78, 5) is 11.3. The molecular weight excluding hydrogens is 261 g/mol. The van der Waals surface area contributed by atoms with Crippen molar-refractivity contribution in [2.75, 3.05) is 20.3 Å². The van der Waals surface area contributed by atoms with E-state index in [4.69, 9.17) is 27.9 Å². The molecule has 0 bridgehead atoms. The fourth-order valence-corrected chi connectivity index (χ4v) is 1.96. The van der Waals surface area contributed by atoms with E-state index in [-0.39, 0.29) is 5.91 Å². The summed E-state index contributed by atoms with van der Waals surface area (Å²) >= 11 is 11.7. The molecule has 94 valence electrons. The Morgan fingerprint density at radius 1 is 1.29 bits per heavy atom. The SMILES string of the molecule is COCCC(=O)NCCc1cc(Cl)cc(Cl)c1. The van der Waals surface area contributed by atoms with Gasteiger partial charge in [-0.1, -0.05) is 23.2 Å². The molecule has 0 aliphatic rings. The number of nitrogens with one attached hydrogen (secondary N) is 1. The van der Waals surface area contributed by atoms with E-state index in [0.29, 0.717) is 36.0 Å². The summed E-state index contributed by atoms with van der Waals surface area (Å²) in [6.45, 7) is 1.01. The number of methoxy groups -OCH3 is 1. The smallest absolute Gasteiger partial charge is 0.222 e. The highest BCUT2D eigenvalue weighted by Crippen LogP contribution is 2.19. The van der Waals surface area contributed by atoms with Gasteiger partial charge in [0.05, 0.1) is 6.61 Å². The molecule has 0 heterocycles. The Bertz CT molecular complexity index is 363. The normalized spacial score (nSPS) is 10.3. The molecule has 0 aromatic heterocycles. The summed E-state index contributed by atoms with van der Waals surface area (Å²) in [5.74, 6) is -0.0139. The predicted molar refractivity (Wildman–Crippen MR) is 69.7 cm³/mol. The van der Waals surface area contributed by atoms with E-state index in [2.05, 4.69) is 5.32 Å². The van der Waals surface area contributed by atoms with E-state index < -0.39 is 0 Å². The summed E-state index contributed by atoms with van der Waals surface area (Å²) in [6, 6.07) is 5.37. The molecule has 3 nitrogen and oxygen atoms in total. The first kappa shape index (κ1) is 14.3. The first-order valence-corrected chi connectivity index (χ1v) is 6.08. The minimum absolute atomic E-state index is 0.0139. The third-order valence-corrected chi connectivity index (χ3v) is 2.63. The Labute approximate surface area is 111 Å². The van der Waals surface area contributed by atoms with Gasteiger partial charge in [-0.15, -0.1) is 0 Å². The Hall–Kier alpha value is -0.770. The zero-order valence-corrected chi connectivity index (χ0v) is 11.1. The maximum atomic E-state index is 11.3. The fraction of sp³-hybridized carbons (Fsp3) is 0.417. The number of amides is 1. The molecule has 1 rings (SSSR count). The van der Waals surface area contributed by atoms with Crippen LogP contribution in [-0.2, 0) is 16.0 Å². The van der Waals surface area contributed by atoms with E-state index >= 15 is 0 Å². The summed E-state index contributed by atoms with van der Waals surface area (Å²) in [5.41, 5.74) is 1.01. The van der Waals surface area contributed by atoms with Crippen molar-refractivity contribution in [3.63, 3.8) is 0 Å². The number of carbonyl (C=O) groups excluding carboxylic acids is 1. The van der Waals surface area contributed by atoms with Crippen LogP contribution in [0.25, 0.3) is 0 Å². The predicted octanol–water partition coefficient (Wildman–Crippen LogP) is 2.69. The van der Waals surface area contributed by atoms with E-state index in [0.717, 1.165) is 5.56 Å². The van der Waals surface area contributed by atoms with Crippen LogP contribution in [0, 0.1) is 0 Å². The van der Waals surface area contributed by atoms with Crippen LogP contribution in [0.4, 0.5) is 0 Å². The minimum atomic E-state index is -0.0139. The van der Waals surface area contributed by atoms with Gasteiger partial charge in [-0.3, -0.25) is 4.79 Å². The highest BCUT2D eigenvalue weighted by atomic mass is 35.5. The number of carbonyl (C=O) groups is 1. The van der Waals surface area contributed by atoms with Crippen LogP contribution in [-0.4, -0.2) is 26.2 Å². The fourth-order valence-electron chi connectivity index (χ4n) is 1.38. The molecule has 0 saturated heterocycles. The second-order valence-electron chi connectivity index (χ2n) is 3.62. The van der Waals surface area contributed by atoms with Crippen molar-refractivity contribution in [2.45, 2.75) is 12.8 Å². The Morgan fingerprint density at radius 2 is 1.94 bits per heavy atom. The van der Waals surface area contributed by atoms with Crippen LogP contribution in [0.3, 0.4) is 0 Å². The topological polar surface area (TPSA) is 38.3 Å². The molecule has 1 amide bonds. The lowest BCUT2D eigenvalue weighted by Gasteiger charge is -2.06. The van der Waals surface area contributed by atoms with Crippen LogP contribution >= 0.6 is 23.2 Å². The van der Waals surface area contributed by atoms with Gasteiger partial charge in [-0.25, -0.2) is 0 Å². The van der Waals surface area contributed by atoms with E-state index in [1.807, 2.05) is 12.1 Å². The van der Waals surface area contributed by atoms with Crippen molar-refractivity contribution >= 4 is 29.1 Å². The first-order chi connectivity index (χ1) is 8.11. The molecule has 0 aliphatic heterocycles. The number of hydrogen-bond acceptors (Lipinski definition) is 2. The van der Waals surface area contributed by atoms with Gasteiger partial charge in [0.2, 0.25) is 5.91 Å². The molecule has 0 unspecified atom stereocenters. The number of hydrogen-bond donors (Lipinski definition) is 1. The highest BCUT2D eigenvalue weighted by Gasteiger charge is 2.01. The standard InChI is InChI=1S/C12H15Cl2NO2/c1-17-5-3-12(16)15-4-2-9-6-10(13)8-11(14)7-9/h6-8H,2-5H2,1H3,(H,15,16). The largest absolute Gasteiger partial charge is 0.384 e. The van der Waals surface area contributed by atoms with Crippen LogP contribution in [0.15, 0.2) is 18.2 Å². The summed E-state index contributed by atoms with van der Waals surface area (Å²) < 4.78 is 4.81. The van der Waals surface area contributed by atoms with Gasteiger partial charge in [0, 0.05) is 30.1 Å². The van der Waals surface area contributed by atoms with E-state index in [1.54, 1.807) is 13.2 Å². The third kappa shape index (κ3) is 5.91. The molecule has 0 fully saturated rings. The van der Waals surface area contributed by atoms with Gasteiger partial charge < -0.3 is 10.1 Å². The van der Waals surface area contributed by atoms with Gasteiger partial charge in [0.1, 0.15) is 0 Å². The number of rotatable bonds is 6. The summed E-state index contributed by atoms with van der Waals surface area (Å²) in [6.07, 6.45) is 1.09. The molecule has 0 saturated carbocycles. The Morgan fingerprint density at radius 3 is 2.53 bits per heavy atom. The number of halogens is 2. The van der Waals surface area contributed by atoms with Crippen LogP contribution in [0.1, 0.15) is 12.0 Å². The average molecular weight is 276 g/mol. The van der Waals surface area contributed by atoms with Crippen LogP contribution < -0.4 is 5.32 Å². The molecule has 1 aromatic rings. The molecule has 0 radical (unpaired) electrons. The Kier molecular flexibility index (Phi) is 6.34. The quantitative estimate of drug-likeness (QED) is 0.867. The average Bonchev–Trinajstić information content (AvgIpc) is 2.25. The lowest BCUT2D eigenvalue weighted by molar-refractivity contribution is -0.121. The van der Waals surface area contributed by atoms with Gasteiger partial charge in [0.15, 0.2) is 0 Å². The molecule has 0 aliphatic carbocycles. The minimum Gasteiger partial charge on any atom is -0.384 e. The maximum Gasteiger partial charge on any atom is 0.222 e. The van der Waals surface area contributed by atoms with E-state index in [9.17, 15) is 4.79 Å². The zero-order chi connectivity index (χ0) is 12.7. The van der Waals surface area contributed by atoms with Gasteiger partial charge in [0.25, 0.3) is 0 Å². The monoisotopic (exact) mass is 275 g/mol. The number of benzene rings is 1. The molecule has 1 N–H and O–H groups in total. The molecule has 1 aromatic carbocycles. The van der Waals surface area contributed by atoms with Crippen molar-refractivity contribution in [2.24, 2.45) is 0 Å². The second kappa shape index (κ2) is 7.54. The summed E-state index contributed by atoms with van der Waals surface area (Å²) in [7, 11) is 1.57. The lowest BCUT2D eigenvalue weighted by Crippen LogP contribution is -2.26. The van der Waals surface area contributed by atoms with Crippen molar-refractivity contribution in [1.82, 2.24) is 5.32 Å². The zero-order valence-electron chi connectivity index (χ0n) is 9.63. The van der Waals surface area contributed by atoms with Crippen molar-refractivity contribution in [1.29, 1.82) is 0 Å². The summed E-state index contributed by atoms with van der Waals surface area (Å²) in [5, 5.41) is 4.02. The van der Waals surface area contributed by atoms with Gasteiger partial charge in [-0.05, 0) is 30.2 Å². The number of ether oxygens (including phenoxy) is 1. The van der Waals surface area contributed by atoms with Gasteiger partial charge in [-0.2, -0.15) is 0 Å². The molecule has 5 heteroatoms. The van der Waals surface area contributed by atoms with Crippen LogP contribution in [0.2, 0.25) is 10.0 Å².